The maximum absolute atomic E-state index is 3.97. The molecule has 2 aromatic rings. The Morgan fingerprint density at radius 2 is 2.55 bits per heavy atom. The number of hydrogen-bond acceptors (Lipinski definition) is 2. The first kappa shape index (κ1) is 6.61. The molecule has 2 nitrogen and oxygen atoms in total. The lowest BCUT2D eigenvalue weighted by Gasteiger charge is -1.95. The van der Waals surface area contributed by atoms with E-state index in [1.54, 1.807) is 11.3 Å². The van der Waals surface area contributed by atoms with Gasteiger partial charge in [-0.25, -0.2) is 0 Å². The van der Waals surface area contributed by atoms with E-state index in [2.05, 4.69) is 22.7 Å². The number of aromatic nitrogens is 2. The van der Waals surface area contributed by atoms with Crippen LogP contribution in [0.4, 0.5) is 0 Å². The highest BCUT2D eigenvalue weighted by Crippen LogP contribution is 2.22. The molecule has 2 heterocycles. The molecular weight excluding hydrogens is 156 g/mol. The summed E-state index contributed by atoms with van der Waals surface area (Å²) in [5.41, 5.74) is 1.12. The molecule has 55 valence electrons. The van der Waals surface area contributed by atoms with Crippen LogP contribution in [0.2, 0.25) is 0 Å². The number of nitrogens with zero attached hydrogens (tertiary/aromatic N) is 2. The van der Waals surface area contributed by atoms with E-state index in [4.69, 9.17) is 0 Å². The van der Waals surface area contributed by atoms with Crippen LogP contribution in [0.25, 0.3) is 10.6 Å². The second kappa shape index (κ2) is 2.51. The molecule has 0 aromatic carbocycles. The fourth-order valence-corrected chi connectivity index (χ4v) is 1.75. The van der Waals surface area contributed by atoms with Crippen LogP contribution in [0.3, 0.4) is 0 Å². The molecule has 0 aliphatic carbocycles. The summed E-state index contributed by atoms with van der Waals surface area (Å²) in [5, 5.41) is 6.03. The van der Waals surface area contributed by atoms with Crippen molar-refractivity contribution >= 4 is 11.3 Å². The zero-order chi connectivity index (χ0) is 7.68. The molecule has 0 saturated carbocycles. The standard InChI is InChI=1S/C8H7N2S/c1-10-7(4-5-9-10)8-3-2-6-11-8/h2-4,6H,1H3. The highest BCUT2D eigenvalue weighted by molar-refractivity contribution is 7.13. The van der Waals surface area contributed by atoms with Crippen molar-refractivity contribution in [2.75, 3.05) is 0 Å². The van der Waals surface area contributed by atoms with Crippen molar-refractivity contribution in [3.8, 4) is 10.6 Å². The molecule has 0 N–H and O–H groups in total. The number of aryl methyl sites for hydroxylation is 1. The van der Waals surface area contributed by atoms with Gasteiger partial charge in [-0.2, -0.15) is 5.10 Å². The van der Waals surface area contributed by atoms with E-state index in [0.29, 0.717) is 0 Å². The van der Waals surface area contributed by atoms with Crippen LogP contribution in [-0.2, 0) is 7.05 Å². The van der Waals surface area contributed by atoms with Crippen molar-refractivity contribution in [1.29, 1.82) is 0 Å². The summed E-state index contributed by atoms with van der Waals surface area (Å²) in [6.45, 7) is 0. The third-order valence-electron chi connectivity index (χ3n) is 1.53. The van der Waals surface area contributed by atoms with E-state index in [1.807, 2.05) is 23.9 Å². The monoisotopic (exact) mass is 163 g/mol. The first-order valence-corrected chi connectivity index (χ1v) is 4.20. The van der Waals surface area contributed by atoms with Gasteiger partial charge in [0, 0.05) is 7.05 Å². The molecule has 0 saturated heterocycles. The molecule has 2 aromatic heterocycles. The fraction of sp³-hybridized carbons (Fsp3) is 0.125. The quantitative estimate of drug-likeness (QED) is 0.628. The second-order valence-electron chi connectivity index (χ2n) is 2.26. The molecule has 0 atom stereocenters. The van der Waals surface area contributed by atoms with Gasteiger partial charge < -0.3 is 0 Å². The van der Waals surface area contributed by atoms with Crippen LogP contribution in [0.1, 0.15) is 0 Å². The van der Waals surface area contributed by atoms with Crippen molar-refractivity contribution < 1.29 is 0 Å². The van der Waals surface area contributed by atoms with Crippen LogP contribution in [0, 0.1) is 6.20 Å². The van der Waals surface area contributed by atoms with Gasteiger partial charge in [0.2, 0.25) is 0 Å². The summed E-state index contributed by atoms with van der Waals surface area (Å²) in [6, 6.07) is 6.01. The van der Waals surface area contributed by atoms with E-state index < -0.39 is 0 Å². The summed E-state index contributed by atoms with van der Waals surface area (Å²) in [7, 11) is 1.92. The average Bonchev–Trinajstić information content (AvgIpc) is 2.55. The zero-order valence-corrected chi connectivity index (χ0v) is 6.93. The normalized spacial score (nSPS) is 10.3. The Labute approximate surface area is 69.1 Å². The third kappa shape index (κ3) is 1.07. The summed E-state index contributed by atoms with van der Waals surface area (Å²) < 4.78 is 1.83. The van der Waals surface area contributed by atoms with Gasteiger partial charge in [0.1, 0.15) is 6.20 Å². The molecule has 2 rings (SSSR count). The predicted molar refractivity (Wildman–Crippen MR) is 45.4 cm³/mol. The van der Waals surface area contributed by atoms with E-state index in [-0.39, 0.29) is 0 Å². The molecule has 0 fully saturated rings. The maximum atomic E-state index is 3.97. The molecule has 0 aliphatic rings. The van der Waals surface area contributed by atoms with Crippen LogP contribution in [-0.4, -0.2) is 9.78 Å². The van der Waals surface area contributed by atoms with Crippen molar-refractivity contribution in [3.05, 3.63) is 29.8 Å². The van der Waals surface area contributed by atoms with Crippen molar-refractivity contribution in [2.45, 2.75) is 0 Å². The van der Waals surface area contributed by atoms with Crippen LogP contribution < -0.4 is 0 Å². The molecular formula is C8H7N2S. The number of rotatable bonds is 1. The summed E-state index contributed by atoms with van der Waals surface area (Å²) >= 11 is 1.71. The topological polar surface area (TPSA) is 17.8 Å². The SMILES string of the molecule is Cn1n[c]cc1-c1cccs1. The van der Waals surface area contributed by atoms with Gasteiger partial charge in [0.05, 0.1) is 10.6 Å². The Morgan fingerprint density at radius 1 is 1.64 bits per heavy atom. The molecule has 0 spiro atoms. The van der Waals surface area contributed by atoms with Crippen molar-refractivity contribution in [3.63, 3.8) is 0 Å². The van der Waals surface area contributed by atoms with Gasteiger partial charge in [-0.3, -0.25) is 4.68 Å². The van der Waals surface area contributed by atoms with Crippen LogP contribution in [0.5, 0.6) is 0 Å². The first-order valence-electron chi connectivity index (χ1n) is 3.32. The molecule has 0 bridgehead atoms. The van der Waals surface area contributed by atoms with Crippen LogP contribution in [0.15, 0.2) is 23.6 Å². The highest BCUT2D eigenvalue weighted by atomic mass is 32.1. The Balaban J connectivity index is 2.53. The smallest absolute Gasteiger partial charge is 0.113 e. The van der Waals surface area contributed by atoms with Gasteiger partial charge in [-0.05, 0) is 17.5 Å². The number of hydrogen-bond donors (Lipinski definition) is 0. The molecule has 0 unspecified atom stereocenters. The van der Waals surface area contributed by atoms with E-state index in [9.17, 15) is 0 Å². The molecule has 11 heavy (non-hydrogen) atoms. The van der Waals surface area contributed by atoms with E-state index in [1.165, 1.54) is 4.88 Å². The van der Waals surface area contributed by atoms with E-state index >= 15 is 0 Å². The molecule has 0 aliphatic heterocycles. The largest absolute Gasteiger partial charge is 0.266 e. The second-order valence-corrected chi connectivity index (χ2v) is 3.21. The zero-order valence-electron chi connectivity index (χ0n) is 6.11. The molecule has 1 radical (unpaired) electrons. The maximum Gasteiger partial charge on any atom is 0.113 e. The van der Waals surface area contributed by atoms with Crippen molar-refractivity contribution in [1.82, 2.24) is 9.78 Å². The summed E-state index contributed by atoms with van der Waals surface area (Å²) in [5.74, 6) is 0. The Bertz CT molecular complexity index is 335. The minimum Gasteiger partial charge on any atom is -0.266 e. The van der Waals surface area contributed by atoms with Gasteiger partial charge in [0.15, 0.2) is 0 Å². The van der Waals surface area contributed by atoms with Gasteiger partial charge >= 0.3 is 0 Å². The molecule has 3 heteroatoms. The van der Waals surface area contributed by atoms with E-state index in [0.717, 1.165) is 5.69 Å². The lowest BCUT2D eigenvalue weighted by atomic mass is 10.3. The highest BCUT2D eigenvalue weighted by Gasteiger charge is 2.01. The Kier molecular flexibility index (Phi) is 1.51. The lowest BCUT2D eigenvalue weighted by Crippen LogP contribution is -1.90. The summed E-state index contributed by atoms with van der Waals surface area (Å²) in [4.78, 5) is 1.24. The number of thiophene rings is 1. The van der Waals surface area contributed by atoms with Gasteiger partial charge in [-0.15, -0.1) is 11.3 Å². The first-order chi connectivity index (χ1) is 5.38. The van der Waals surface area contributed by atoms with Crippen molar-refractivity contribution in [2.24, 2.45) is 7.05 Å². The molecule has 0 amide bonds. The summed E-state index contributed by atoms with van der Waals surface area (Å²) in [6.07, 6.45) is 2.81. The third-order valence-corrected chi connectivity index (χ3v) is 2.42. The Hall–Kier alpha value is -1.09. The van der Waals surface area contributed by atoms with Crippen LogP contribution >= 0.6 is 11.3 Å². The Morgan fingerprint density at radius 3 is 3.09 bits per heavy atom. The fourth-order valence-electron chi connectivity index (χ4n) is 0.979. The lowest BCUT2D eigenvalue weighted by molar-refractivity contribution is 0.774. The predicted octanol–water partition coefficient (Wildman–Crippen LogP) is 1.95. The minimum atomic E-state index is 1.12. The van der Waals surface area contributed by atoms with Gasteiger partial charge in [-0.1, -0.05) is 6.07 Å². The average molecular weight is 163 g/mol. The van der Waals surface area contributed by atoms with Gasteiger partial charge in [0.25, 0.3) is 0 Å². The minimum absolute atomic E-state index is 1.12.